The number of carboxylic acid groups (broad SMARTS) is 1. The predicted octanol–water partition coefficient (Wildman–Crippen LogP) is 1.54. The quantitative estimate of drug-likeness (QED) is 0.774. The lowest BCUT2D eigenvalue weighted by atomic mass is 10.2. The van der Waals surface area contributed by atoms with Crippen molar-refractivity contribution in [3.63, 3.8) is 0 Å². The second-order valence-corrected chi connectivity index (χ2v) is 7.93. The maximum atomic E-state index is 11.1. The van der Waals surface area contributed by atoms with Crippen molar-refractivity contribution in [2.45, 2.75) is 13.3 Å². The second-order valence-electron chi connectivity index (χ2n) is 4.67. The van der Waals surface area contributed by atoms with Crippen LogP contribution in [0.2, 0.25) is 0 Å². The van der Waals surface area contributed by atoms with Crippen LogP contribution in [0.5, 0.6) is 0 Å². The van der Waals surface area contributed by atoms with Crippen LogP contribution in [-0.4, -0.2) is 48.0 Å². The molecule has 0 spiro atoms. The summed E-state index contributed by atoms with van der Waals surface area (Å²) in [5.74, 6) is -0.356. The van der Waals surface area contributed by atoms with Gasteiger partial charge in [-0.05, 0) is 18.9 Å². The normalized spacial score (nSPS) is 11.7. The van der Waals surface area contributed by atoms with Gasteiger partial charge < -0.3 is 10.4 Å². The molecule has 0 unspecified atom stereocenters. The van der Waals surface area contributed by atoms with Gasteiger partial charge in [0.25, 0.3) is 0 Å². The van der Waals surface area contributed by atoms with Crippen molar-refractivity contribution in [2.24, 2.45) is 0 Å². The zero-order valence-corrected chi connectivity index (χ0v) is 13.2. The molecule has 0 bridgehead atoms. The highest BCUT2D eigenvalue weighted by atomic mass is 32.2. The lowest BCUT2D eigenvalue weighted by Gasteiger charge is -2.06. The van der Waals surface area contributed by atoms with Gasteiger partial charge in [-0.2, -0.15) is 0 Å². The summed E-state index contributed by atoms with van der Waals surface area (Å²) in [5, 5.41) is 12.9. The van der Waals surface area contributed by atoms with Gasteiger partial charge in [0, 0.05) is 12.8 Å². The van der Waals surface area contributed by atoms with Crippen LogP contribution in [0.25, 0.3) is 10.2 Å². The van der Waals surface area contributed by atoms with Crippen LogP contribution in [0.3, 0.4) is 0 Å². The highest BCUT2D eigenvalue weighted by Gasteiger charge is 2.18. The summed E-state index contributed by atoms with van der Waals surface area (Å²) in [5.41, 5.74) is 0.619. The summed E-state index contributed by atoms with van der Waals surface area (Å²) in [7, 11) is -2.98. The van der Waals surface area contributed by atoms with Gasteiger partial charge in [-0.25, -0.2) is 23.2 Å². The first-order chi connectivity index (χ1) is 9.79. The lowest BCUT2D eigenvalue weighted by molar-refractivity contribution is 0.0701. The van der Waals surface area contributed by atoms with E-state index in [0.29, 0.717) is 34.6 Å². The number of hydrogen-bond acceptors (Lipinski definition) is 7. The number of aromatic nitrogens is 2. The minimum Gasteiger partial charge on any atom is -0.477 e. The molecule has 2 N–H and O–H groups in total. The average molecular weight is 329 g/mol. The van der Waals surface area contributed by atoms with Crippen LogP contribution < -0.4 is 5.32 Å². The second kappa shape index (κ2) is 5.94. The molecule has 0 aliphatic rings. The van der Waals surface area contributed by atoms with Crippen LogP contribution in [0, 0.1) is 6.92 Å². The maximum absolute atomic E-state index is 11.1. The number of carboxylic acids is 1. The van der Waals surface area contributed by atoms with Crippen LogP contribution >= 0.6 is 11.3 Å². The lowest BCUT2D eigenvalue weighted by Crippen LogP contribution is -2.10. The summed E-state index contributed by atoms with van der Waals surface area (Å²) in [6, 6.07) is 0. The molecule has 0 amide bonds. The van der Waals surface area contributed by atoms with E-state index >= 15 is 0 Å². The van der Waals surface area contributed by atoms with Crippen molar-refractivity contribution >= 4 is 43.2 Å². The Morgan fingerprint density at radius 2 is 2.14 bits per heavy atom. The molecule has 0 saturated heterocycles. The molecule has 0 radical (unpaired) electrons. The van der Waals surface area contributed by atoms with Crippen molar-refractivity contribution in [3.05, 3.63) is 16.8 Å². The zero-order chi connectivity index (χ0) is 15.6. The Labute approximate surface area is 126 Å². The molecule has 2 rings (SSSR count). The molecule has 9 heteroatoms. The van der Waals surface area contributed by atoms with E-state index < -0.39 is 15.8 Å². The van der Waals surface area contributed by atoms with Crippen LogP contribution in [0.1, 0.15) is 21.7 Å². The Morgan fingerprint density at radius 1 is 1.43 bits per heavy atom. The fraction of sp³-hybridized carbons (Fsp3) is 0.417. The molecule has 0 saturated carbocycles. The maximum Gasteiger partial charge on any atom is 0.346 e. The zero-order valence-electron chi connectivity index (χ0n) is 11.6. The first-order valence-electron chi connectivity index (χ1n) is 6.18. The first-order valence-corrected chi connectivity index (χ1v) is 9.06. The molecular formula is C12H15N3O4S2. The smallest absolute Gasteiger partial charge is 0.346 e. The standard InChI is InChI=1S/C12H15N3O4S2/c1-7-8-10(13-4-3-5-21(2,18)19)14-6-15-11(8)20-9(7)12(16)17/h6H,3-5H2,1-2H3,(H,16,17)(H,13,14,15). The number of aryl methyl sites for hydroxylation is 1. The molecule has 21 heavy (non-hydrogen) atoms. The van der Waals surface area contributed by atoms with Gasteiger partial charge in [-0.15, -0.1) is 11.3 Å². The molecule has 0 aliphatic carbocycles. The van der Waals surface area contributed by atoms with E-state index in [1.165, 1.54) is 12.6 Å². The monoisotopic (exact) mass is 329 g/mol. The third-order valence-corrected chi connectivity index (χ3v) is 5.12. The number of nitrogens with one attached hydrogen (secondary N) is 1. The Bertz CT molecular complexity index is 783. The van der Waals surface area contributed by atoms with Gasteiger partial charge in [0.15, 0.2) is 0 Å². The van der Waals surface area contributed by atoms with Gasteiger partial charge in [0.2, 0.25) is 0 Å². The van der Waals surface area contributed by atoms with Gasteiger partial charge in [-0.1, -0.05) is 0 Å². The number of carbonyl (C=O) groups is 1. The molecular weight excluding hydrogens is 314 g/mol. The SMILES string of the molecule is Cc1c(C(=O)O)sc2ncnc(NCCCS(C)(=O)=O)c12. The number of fused-ring (bicyclic) bond motifs is 1. The van der Waals surface area contributed by atoms with Crippen LogP contribution in [0.4, 0.5) is 5.82 Å². The largest absolute Gasteiger partial charge is 0.477 e. The highest BCUT2D eigenvalue weighted by molar-refractivity contribution is 7.90. The Morgan fingerprint density at radius 3 is 2.76 bits per heavy atom. The minimum atomic E-state index is -2.98. The average Bonchev–Trinajstić information content (AvgIpc) is 2.72. The van der Waals surface area contributed by atoms with E-state index in [1.54, 1.807) is 6.92 Å². The molecule has 0 atom stereocenters. The summed E-state index contributed by atoms with van der Waals surface area (Å²) in [6.45, 7) is 2.16. The van der Waals surface area contributed by atoms with Crippen molar-refractivity contribution < 1.29 is 18.3 Å². The molecule has 2 heterocycles. The van der Waals surface area contributed by atoms with E-state index in [0.717, 1.165) is 11.3 Å². The van der Waals surface area contributed by atoms with E-state index in [-0.39, 0.29) is 10.6 Å². The number of hydrogen-bond donors (Lipinski definition) is 2. The molecule has 0 fully saturated rings. The minimum absolute atomic E-state index is 0.0945. The van der Waals surface area contributed by atoms with E-state index in [4.69, 9.17) is 5.11 Å². The fourth-order valence-corrected chi connectivity index (χ4v) is 3.61. The van der Waals surface area contributed by atoms with Crippen LogP contribution in [-0.2, 0) is 9.84 Å². The Kier molecular flexibility index (Phi) is 4.43. The number of rotatable bonds is 6. The highest BCUT2D eigenvalue weighted by Crippen LogP contribution is 2.33. The third kappa shape index (κ3) is 3.67. The fourth-order valence-electron chi connectivity index (χ4n) is 1.95. The molecule has 2 aromatic heterocycles. The molecule has 0 aromatic carbocycles. The van der Waals surface area contributed by atoms with Gasteiger partial charge >= 0.3 is 5.97 Å². The van der Waals surface area contributed by atoms with Crippen molar-refractivity contribution in [1.29, 1.82) is 0 Å². The summed E-state index contributed by atoms with van der Waals surface area (Å²) >= 11 is 1.10. The van der Waals surface area contributed by atoms with E-state index in [2.05, 4.69) is 15.3 Å². The molecule has 7 nitrogen and oxygen atoms in total. The first kappa shape index (κ1) is 15.6. The van der Waals surface area contributed by atoms with Gasteiger partial charge in [-0.3, -0.25) is 0 Å². The number of thiophene rings is 1. The Balaban J connectivity index is 2.22. The topological polar surface area (TPSA) is 109 Å². The summed E-state index contributed by atoms with van der Waals surface area (Å²) in [4.78, 5) is 20.2. The molecule has 2 aromatic rings. The van der Waals surface area contributed by atoms with E-state index in [1.807, 2.05) is 0 Å². The number of sulfone groups is 1. The number of nitrogens with zero attached hydrogens (tertiary/aromatic N) is 2. The van der Waals surface area contributed by atoms with Gasteiger partial charge in [0.1, 0.15) is 31.7 Å². The van der Waals surface area contributed by atoms with Crippen molar-refractivity contribution in [2.75, 3.05) is 23.9 Å². The predicted molar refractivity (Wildman–Crippen MR) is 81.9 cm³/mol. The summed E-state index contributed by atoms with van der Waals surface area (Å²) < 4.78 is 22.1. The van der Waals surface area contributed by atoms with Crippen molar-refractivity contribution in [3.8, 4) is 0 Å². The number of aromatic carboxylic acids is 1. The number of anilines is 1. The van der Waals surface area contributed by atoms with Crippen LogP contribution in [0.15, 0.2) is 6.33 Å². The van der Waals surface area contributed by atoms with E-state index in [9.17, 15) is 13.2 Å². The molecule has 0 aliphatic heterocycles. The van der Waals surface area contributed by atoms with Crippen molar-refractivity contribution in [1.82, 2.24) is 9.97 Å². The van der Waals surface area contributed by atoms with Gasteiger partial charge in [0.05, 0.1) is 11.1 Å². The molecule has 114 valence electrons. The third-order valence-electron chi connectivity index (χ3n) is 2.91. The Hall–Kier alpha value is -1.74. The summed E-state index contributed by atoms with van der Waals surface area (Å²) in [6.07, 6.45) is 3.01.